The maximum atomic E-state index is 14.1. The van der Waals surface area contributed by atoms with Crippen LogP contribution in [0, 0.1) is 11.2 Å². The number of ether oxygens (including phenoxy) is 2. The van der Waals surface area contributed by atoms with E-state index in [0.717, 1.165) is 6.42 Å². The number of halogens is 1. The zero-order chi connectivity index (χ0) is 24.2. The molecule has 1 aromatic heterocycles. The summed E-state index contributed by atoms with van der Waals surface area (Å²) in [5.74, 6) is 0.241. The smallest absolute Gasteiger partial charge is 0.404 e. The standard InChI is InChI=1S/C23H30FN5O4/c1-5-29(15(2)3)21(30)17-10-16(24)6-7-18(17)33-19-11-26-14-27-20(19)28-9-8-23(4,12-28)13-32-22(25)31/h6-7,10-11,14-15H,5,8-9,12-13H2,1-4H3,(H2,25,31). The SMILES string of the molecule is CCN(C(=O)c1cc(F)ccc1Oc1cncnc1N1CCC(C)(COC(N)=O)C1)C(C)C. The lowest BCUT2D eigenvalue weighted by atomic mass is 9.91. The second-order valence-corrected chi connectivity index (χ2v) is 8.73. The Morgan fingerprint density at radius 2 is 2.09 bits per heavy atom. The van der Waals surface area contributed by atoms with Gasteiger partial charge in [0.2, 0.25) is 0 Å². The molecule has 2 heterocycles. The second kappa shape index (κ2) is 10.0. The van der Waals surface area contributed by atoms with Crippen molar-refractivity contribution < 1.29 is 23.5 Å². The van der Waals surface area contributed by atoms with Gasteiger partial charge in [-0.05, 0) is 45.4 Å². The first-order valence-corrected chi connectivity index (χ1v) is 10.9. The monoisotopic (exact) mass is 459 g/mol. The number of primary amides is 1. The predicted molar refractivity (Wildman–Crippen MR) is 121 cm³/mol. The van der Waals surface area contributed by atoms with E-state index in [9.17, 15) is 14.0 Å². The molecule has 3 rings (SSSR count). The summed E-state index contributed by atoms with van der Waals surface area (Å²) in [6.07, 6.45) is 2.86. The van der Waals surface area contributed by atoms with E-state index in [0.29, 0.717) is 31.2 Å². The molecule has 2 N–H and O–H groups in total. The number of amides is 2. The van der Waals surface area contributed by atoms with Crippen LogP contribution in [0.5, 0.6) is 11.5 Å². The molecule has 1 aliphatic rings. The molecule has 2 amide bonds. The lowest BCUT2D eigenvalue weighted by Gasteiger charge is -2.27. The first kappa shape index (κ1) is 24.2. The van der Waals surface area contributed by atoms with Crippen molar-refractivity contribution in [2.75, 3.05) is 31.1 Å². The molecule has 2 aromatic rings. The van der Waals surface area contributed by atoms with Gasteiger partial charge in [0, 0.05) is 31.1 Å². The summed E-state index contributed by atoms with van der Waals surface area (Å²) in [5.41, 5.74) is 4.94. The van der Waals surface area contributed by atoms with E-state index in [1.165, 1.54) is 30.7 Å². The van der Waals surface area contributed by atoms with Crippen LogP contribution in [-0.4, -0.2) is 59.2 Å². The molecule has 0 aliphatic carbocycles. The molecular weight excluding hydrogens is 429 g/mol. The van der Waals surface area contributed by atoms with Crippen molar-refractivity contribution in [3.63, 3.8) is 0 Å². The molecule has 1 atom stereocenters. The highest BCUT2D eigenvalue weighted by molar-refractivity contribution is 5.97. The Labute approximate surface area is 192 Å². The third-order valence-electron chi connectivity index (χ3n) is 5.70. The van der Waals surface area contributed by atoms with Crippen LogP contribution in [0.2, 0.25) is 0 Å². The van der Waals surface area contributed by atoms with Gasteiger partial charge in [-0.3, -0.25) is 4.79 Å². The maximum absolute atomic E-state index is 14.1. The molecule has 33 heavy (non-hydrogen) atoms. The number of hydrogen-bond acceptors (Lipinski definition) is 7. The van der Waals surface area contributed by atoms with Crippen molar-refractivity contribution >= 4 is 17.8 Å². The Morgan fingerprint density at radius 3 is 2.76 bits per heavy atom. The highest BCUT2D eigenvalue weighted by Crippen LogP contribution is 2.38. The molecule has 0 spiro atoms. The van der Waals surface area contributed by atoms with Crippen LogP contribution < -0.4 is 15.4 Å². The number of aromatic nitrogens is 2. The molecule has 1 saturated heterocycles. The average molecular weight is 460 g/mol. The fourth-order valence-electron chi connectivity index (χ4n) is 3.96. The zero-order valence-corrected chi connectivity index (χ0v) is 19.4. The van der Waals surface area contributed by atoms with Gasteiger partial charge in [-0.15, -0.1) is 0 Å². The van der Waals surface area contributed by atoms with Crippen LogP contribution in [0.1, 0.15) is 44.5 Å². The molecule has 1 fully saturated rings. The highest BCUT2D eigenvalue weighted by atomic mass is 19.1. The molecule has 9 nitrogen and oxygen atoms in total. The average Bonchev–Trinajstić information content (AvgIpc) is 3.16. The Bertz CT molecular complexity index is 1020. The van der Waals surface area contributed by atoms with Crippen molar-refractivity contribution in [3.05, 3.63) is 42.1 Å². The minimum absolute atomic E-state index is 0.0564. The van der Waals surface area contributed by atoms with E-state index in [1.54, 1.807) is 4.90 Å². The van der Waals surface area contributed by atoms with E-state index in [2.05, 4.69) is 9.97 Å². The molecule has 178 valence electrons. The van der Waals surface area contributed by atoms with Gasteiger partial charge in [-0.1, -0.05) is 6.92 Å². The highest BCUT2D eigenvalue weighted by Gasteiger charge is 2.37. The molecule has 0 radical (unpaired) electrons. The van der Waals surface area contributed by atoms with Crippen molar-refractivity contribution in [1.29, 1.82) is 0 Å². The fourth-order valence-corrected chi connectivity index (χ4v) is 3.96. The fraction of sp³-hybridized carbons (Fsp3) is 0.478. The Morgan fingerprint density at radius 1 is 1.33 bits per heavy atom. The number of nitrogens with zero attached hydrogens (tertiary/aromatic N) is 4. The third kappa shape index (κ3) is 5.68. The lowest BCUT2D eigenvalue weighted by Crippen LogP contribution is -2.36. The number of benzene rings is 1. The predicted octanol–water partition coefficient (Wildman–Crippen LogP) is 3.59. The van der Waals surface area contributed by atoms with Crippen molar-refractivity contribution in [2.45, 2.75) is 40.2 Å². The number of carbonyl (C=O) groups is 2. The maximum Gasteiger partial charge on any atom is 0.404 e. The minimum atomic E-state index is -0.809. The lowest BCUT2D eigenvalue weighted by molar-refractivity contribution is 0.0713. The molecule has 10 heteroatoms. The van der Waals surface area contributed by atoms with Crippen molar-refractivity contribution in [3.8, 4) is 11.5 Å². The van der Waals surface area contributed by atoms with Gasteiger partial charge in [0.1, 0.15) is 24.5 Å². The van der Waals surface area contributed by atoms with Crippen LogP contribution in [0.4, 0.5) is 15.0 Å². The largest absolute Gasteiger partial charge is 0.451 e. The van der Waals surface area contributed by atoms with E-state index in [-0.39, 0.29) is 35.3 Å². The molecule has 1 unspecified atom stereocenters. The normalized spacial score (nSPS) is 17.8. The first-order chi connectivity index (χ1) is 15.6. The minimum Gasteiger partial charge on any atom is -0.451 e. The molecule has 1 aromatic carbocycles. The number of carbonyl (C=O) groups excluding carboxylic acids is 2. The number of anilines is 1. The summed E-state index contributed by atoms with van der Waals surface area (Å²) in [6, 6.07) is 3.80. The molecule has 1 aliphatic heterocycles. The summed E-state index contributed by atoms with van der Waals surface area (Å²) in [4.78, 5) is 36.2. The number of rotatable bonds is 8. The van der Waals surface area contributed by atoms with E-state index >= 15 is 0 Å². The summed E-state index contributed by atoms with van der Waals surface area (Å²) in [6.45, 7) is 9.54. The van der Waals surface area contributed by atoms with Gasteiger partial charge in [-0.2, -0.15) is 0 Å². The number of hydrogen-bond donors (Lipinski definition) is 1. The quantitative estimate of drug-likeness (QED) is 0.642. The Kier molecular flexibility index (Phi) is 7.35. The van der Waals surface area contributed by atoms with Gasteiger partial charge in [0.25, 0.3) is 5.91 Å². The third-order valence-corrected chi connectivity index (χ3v) is 5.70. The van der Waals surface area contributed by atoms with Gasteiger partial charge in [0.15, 0.2) is 11.6 Å². The second-order valence-electron chi connectivity index (χ2n) is 8.73. The van der Waals surface area contributed by atoms with Crippen molar-refractivity contribution in [2.24, 2.45) is 11.1 Å². The first-order valence-electron chi connectivity index (χ1n) is 10.9. The van der Waals surface area contributed by atoms with Gasteiger partial charge in [-0.25, -0.2) is 19.2 Å². The molecule has 0 saturated carbocycles. The summed E-state index contributed by atoms with van der Waals surface area (Å²) < 4.78 is 25.1. The van der Waals surface area contributed by atoms with Crippen LogP contribution in [0.15, 0.2) is 30.7 Å². The zero-order valence-electron chi connectivity index (χ0n) is 19.4. The van der Waals surface area contributed by atoms with Crippen LogP contribution in [0.3, 0.4) is 0 Å². The van der Waals surface area contributed by atoms with Gasteiger partial charge < -0.3 is 25.0 Å². The summed E-state index contributed by atoms with van der Waals surface area (Å²) in [5, 5.41) is 0. The Balaban J connectivity index is 1.88. The van der Waals surface area contributed by atoms with E-state index < -0.39 is 11.9 Å². The molecular formula is C23H30FN5O4. The van der Waals surface area contributed by atoms with Crippen LogP contribution >= 0.6 is 0 Å². The van der Waals surface area contributed by atoms with Crippen molar-refractivity contribution in [1.82, 2.24) is 14.9 Å². The number of nitrogens with two attached hydrogens (primary N) is 1. The van der Waals surface area contributed by atoms with Gasteiger partial charge >= 0.3 is 6.09 Å². The van der Waals surface area contributed by atoms with E-state index in [1.807, 2.05) is 32.6 Å². The molecule has 0 bridgehead atoms. The summed E-state index contributed by atoms with van der Waals surface area (Å²) >= 11 is 0. The van der Waals surface area contributed by atoms with Crippen LogP contribution in [0.25, 0.3) is 0 Å². The Hall–Kier alpha value is -3.43. The van der Waals surface area contributed by atoms with Gasteiger partial charge in [0.05, 0.1) is 11.8 Å². The summed E-state index contributed by atoms with van der Waals surface area (Å²) in [7, 11) is 0. The topological polar surface area (TPSA) is 111 Å². The van der Waals surface area contributed by atoms with Crippen LogP contribution in [-0.2, 0) is 4.74 Å². The van der Waals surface area contributed by atoms with E-state index in [4.69, 9.17) is 15.2 Å².